The second kappa shape index (κ2) is 5.06. The van der Waals surface area contributed by atoms with Crippen molar-refractivity contribution in [3.63, 3.8) is 0 Å². The summed E-state index contributed by atoms with van der Waals surface area (Å²) in [5.41, 5.74) is 0.752. The van der Waals surface area contributed by atoms with Crippen molar-refractivity contribution in [1.29, 1.82) is 0 Å². The fraction of sp³-hybridized carbons (Fsp3) is 0.214. The van der Waals surface area contributed by atoms with Gasteiger partial charge < -0.3 is 5.11 Å². The minimum atomic E-state index is -1.32. The number of aromatic nitrogens is 2. The van der Waals surface area contributed by atoms with Crippen molar-refractivity contribution in [3.8, 4) is 5.69 Å². The largest absolute Gasteiger partial charge is 0.476 e. The second-order valence-electron chi connectivity index (χ2n) is 4.49. The summed E-state index contributed by atoms with van der Waals surface area (Å²) in [5, 5.41) is 12.8. The molecule has 1 aromatic heterocycles. The molecule has 0 saturated heterocycles. The summed E-state index contributed by atoms with van der Waals surface area (Å²) in [5.74, 6) is -1.05. The Labute approximate surface area is 110 Å². The van der Waals surface area contributed by atoms with Gasteiger partial charge in [0.05, 0.1) is 5.69 Å². The molecule has 0 spiro atoms. The van der Waals surface area contributed by atoms with Gasteiger partial charge in [-0.1, -0.05) is 32.0 Å². The van der Waals surface area contributed by atoms with E-state index in [9.17, 15) is 9.59 Å². The lowest BCUT2D eigenvalue weighted by molar-refractivity contribution is 0.0687. The first kappa shape index (κ1) is 13.0. The molecule has 0 unspecified atom stereocenters. The molecule has 0 aliphatic carbocycles. The molecule has 1 heterocycles. The number of benzene rings is 1. The molecule has 1 aromatic carbocycles. The zero-order valence-corrected chi connectivity index (χ0v) is 10.7. The summed E-state index contributed by atoms with van der Waals surface area (Å²) in [7, 11) is 0. The molecular weight excluding hydrogens is 244 g/mol. The van der Waals surface area contributed by atoms with Gasteiger partial charge >= 0.3 is 5.97 Å². The zero-order valence-electron chi connectivity index (χ0n) is 10.7. The van der Waals surface area contributed by atoms with E-state index in [1.54, 1.807) is 0 Å². The minimum Gasteiger partial charge on any atom is -0.476 e. The first-order valence-electron chi connectivity index (χ1n) is 5.93. The summed E-state index contributed by atoms with van der Waals surface area (Å²) in [6.07, 6.45) is 1.48. The van der Waals surface area contributed by atoms with E-state index >= 15 is 0 Å². The van der Waals surface area contributed by atoms with Crippen molar-refractivity contribution < 1.29 is 9.90 Å². The lowest BCUT2D eigenvalue weighted by Crippen LogP contribution is -2.20. The number of rotatable bonds is 3. The van der Waals surface area contributed by atoms with Crippen LogP contribution in [0.1, 0.15) is 35.8 Å². The van der Waals surface area contributed by atoms with Crippen LogP contribution < -0.4 is 5.43 Å². The smallest absolute Gasteiger partial charge is 0.360 e. The standard InChI is InChI=1S/C14H14N2O3/c1-9(2)10-5-3-4-6-11(10)16-8-7-12(17)13(15-16)14(18)19/h3-9H,1-2H3,(H,18,19). The van der Waals surface area contributed by atoms with Gasteiger partial charge in [-0.3, -0.25) is 4.79 Å². The number of aromatic carboxylic acids is 1. The van der Waals surface area contributed by atoms with Crippen molar-refractivity contribution >= 4 is 5.97 Å². The third kappa shape index (κ3) is 2.54. The summed E-state index contributed by atoms with van der Waals surface area (Å²) in [4.78, 5) is 22.4. The van der Waals surface area contributed by atoms with Gasteiger partial charge in [-0.25, -0.2) is 9.48 Å². The normalized spacial score (nSPS) is 10.7. The highest BCUT2D eigenvalue weighted by molar-refractivity contribution is 5.84. The van der Waals surface area contributed by atoms with Crippen LogP contribution in [0.3, 0.4) is 0 Å². The van der Waals surface area contributed by atoms with Gasteiger partial charge in [0.2, 0.25) is 11.1 Å². The lowest BCUT2D eigenvalue weighted by atomic mass is 10.0. The van der Waals surface area contributed by atoms with E-state index in [-0.39, 0.29) is 5.92 Å². The van der Waals surface area contributed by atoms with Crippen molar-refractivity contribution in [2.24, 2.45) is 0 Å². The number of nitrogens with zero attached hydrogens (tertiary/aromatic N) is 2. The van der Waals surface area contributed by atoms with Crippen LogP contribution >= 0.6 is 0 Å². The first-order chi connectivity index (χ1) is 9.00. The van der Waals surface area contributed by atoms with E-state index < -0.39 is 17.1 Å². The van der Waals surface area contributed by atoms with Crippen molar-refractivity contribution in [2.75, 3.05) is 0 Å². The number of carbonyl (C=O) groups is 1. The van der Waals surface area contributed by atoms with Crippen molar-refractivity contribution in [3.05, 3.63) is 58.0 Å². The molecule has 5 heteroatoms. The summed E-state index contributed by atoms with van der Waals surface area (Å²) >= 11 is 0. The third-order valence-corrected chi connectivity index (χ3v) is 2.82. The molecular formula is C14H14N2O3. The van der Waals surface area contributed by atoms with Crippen LogP contribution in [0.5, 0.6) is 0 Å². The molecule has 98 valence electrons. The highest BCUT2D eigenvalue weighted by Gasteiger charge is 2.13. The van der Waals surface area contributed by atoms with Gasteiger partial charge in [0.25, 0.3) is 0 Å². The molecule has 19 heavy (non-hydrogen) atoms. The highest BCUT2D eigenvalue weighted by Crippen LogP contribution is 2.21. The molecule has 1 N–H and O–H groups in total. The molecule has 0 amide bonds. The van der Waals surface area contributed by atoms with Gasteiger partial charge in [-0.05, 0) is 17.5 Å². The van der Waals surface area contributed by atoms with E-state index in [2.05, 4.69) is 5.10 Å². The summed E-state index contributed by atoms with van der Waals surface area (Å²) in [6, 6.07) is 8.78. The van der Waals surface area contributed by atoms with E-state index in [0.717, 1.165) is 11.3 Å². The van der Waals surface area contributed by atoms with E-state index in [0.29, 0.717) is 0 Å². The van der Waals surface area contributed by atoms with Crippen LogP contribution in [-0.4, -0.2) is 20.9 Å². The van der Waals surface area contributed by atoms with Crippen molar-refractivity contribution in [2.45, 2.75) is 19.8 Å². The average Bonchev–Trinajstić information content (AvgIpc) is 2.39. The quantitative estimate of drug-likeness (QED) is 0.914. The second-order valence-corrected chi connectivity index (χ2v) is 4.49. The Morgan fingerprint density at radius 3 is 2.58 bits per heavy atom. The minimum absolute atomic E-state index is 0.269. The molecule has 0 aliphatic heterocycles. The van der Waals surface area contributed by atoms with E-state index in [1.807, 2.05) is 38.1 Å². The Bertz CT molecular complexity index is 674. The fourth-order valence-corrected chi connectivity index (χ4v) is 1.87. The topological polar surface area (TPSA) is 72.2 Å². The Morgan fingerprint density at radius 1 is 1.26 bits per heavy atom. The monoisotopic (exact) mass is 258 g/mol. The van der Waals surface area contributed by atoms with Gasteiger partial charge in [-0.15, -0.1) is 0 Å². The Hall–Kier alpha value is -2.43. The maximum Gasteiger partial charge on any atom is 0.360 e. The maximum absolute atomic E-state index is 11.4. The van der Waals surface area contributed by atoms with E-state index in [1.165, 1.54) is 16.9 Å². The van der Waals surface area contributed by atoms with Crippen LogP contribution in [0.15, 0.2) is 41.3 Å². The Balaban J connectivity index is 2.63. The SMILES string of the molecule is CC(C)c1ccccc1-n1ccc(=O)c(C(=O)O)n1. The molecule has 0 bridgehead atoms. The maximum atomic E-state index is 11.4. The fourth-order valence-electron chi connectivity index (χ4n) is 1.87. The van der Waals surface area contributed by atoms with Gasteiger partial charge in [0.1, 0.15) is 0 Å². The third-order valence-electron chi connectivity index (χ3n) is 2.82. The predicted molar refractivity (Wildman–Crippen MR) is 70.9 cm³/mol. The molecule has 2 aromatic rings. The van der Waals surface area contributed by atoms with Gasteiger partial charge in [0, 0.05) is 12.3 Å². The predicted octanol–water partition coefficient (Wildman–Crippen LogP) is 2.05. The lowest BCUT2D eigenvalue weighted by Gasteiger charge is -2.14. The first-order valence-corrected chi connectivity index (χ1v) is 5.93. The number of hydrogen-bond acceptors (Lipinski definition) is 3. The van der Waals surface area contributed by atoms with Crippen LogP contribution in [0.4, 0.5) is 0 Å². The van der Waals surface area contributed by atoms with Crippen LogP contribution in [0.2, 0.25) is 0 Å². The number of carboxylic acids is 1. The Morgan fingerprint density at radius 2 is 1.95 bits per heavy atom. The number of para-hydroxylation sites is 1. The molecule has 0 saturated carbocycles. The van der Waals surface area contributed by atoms with Crippen LogP contribution in [-0.2, 0) is 0 Å². The average molecular weight is 258 g/mol. The van der Waals surface area contributed by atoms with Crippen molar-refractivity contribution in [1.82, 2.24) is 9.78 Å². The van der Waals surface area contributed by atoms with Gasteiger partial charge in [0.15, 0.2) is 0 Å². The van der Waals surface area contributed by atoms with E-state index in [4.69, 9.17) is 5.11 Å². The summed E-state index contributed by atoms with van der Waals surface area (Å²) < 4.78 is 1.43. The molecule has 0 fully saturated rings. The molecule has 5 nitrogen and oxygen atoms in total. The van der Waals surface area contributed by atoms with Gasteiger partial charge in [-0.2, -0.15) is 5.10 Å². The molecule has 0 radical (unpaired) electrons. The molecule has 0 atom stereocenters. The van der Waals surface area contributed by atoms with Crippen LogP contribution in [0, 0.1) is 0 Å². The molecule has 2 rings (SSSR count). The number of hydrogen-bond donors (Lipinski definition) is 1. The van der Waals surface area contributed by atoms with Crippen LogP contribution in [0.25, 0.3) is 5.69 Å². The molecule has 0 aliphatic rings. The Kier molecular flexibility index (Phi) is 3.46. The highest BCUT2D eigenvalue weighted by atomic mass is 16.4. The summed E-state index contributed by atoms with van der Waals surface area (Å²) in [6.45, 7) is 4.08. The number of carboxylic acid groups (broad SMARTS) is 1. The zero-order chi connectivity index (χ0) is 14.0.